The van der Waals surface area contributed by atoms with Crippen molar-refractivity contribution in [3.05, 3.63) is 33.9 Å². The molecule has 0 radical (unpaired) electrons. The number of nitro groups is 1. The Bertz CT molecular complexity index is 477. The van der Waals surface area contributed by atoms with Crippen molar-refractivity contribution in [3.8, 4) is 5.75 Å². The standard InChI is InChI=1S/C13H19N3O4/c1-3-15-13(17)4-5-14-9-10-6-11(16(18)19)8-12(7-10)20-2/h6-8,14H,3-5,9H2,1-2H3,(H,15,17). The third kappa shape index (κ3) is 5.23. The molecule has 1 aromatic rings. The van der Waals surface area contributed by atoms with Crippen LogP contribution in [0.1, 0.15) is 18.9 Å². The summed E-state index contributed by atoms with van der Waals surface area (Å²) < 4.78 is 5.03. The van der Waals surface area contributed by atoms with Gasteiger partial charge in [0.1, 0.15) is 5.75 Å². The van der Waals surface area contributed by atoms with Gasteiger partial charge in [-0.05, 0) is 18.6 Å². The van der Waals surface area contributed by atoms with Crippen LogP contribution in [0.2, 0.25) is 0 Å². The van der Waals surface area contributed by atoms with E-state index in [1.54, 1.807) is 6.07 Å². The number of nitrogens with one attached hydrogen (secondary N) is 2. The molecule has 0 heterocycles. The van der Waals surface area contributed by atoms with Gasteiger partial charge in [-0.25, -0.2) is 0 Å². The highest BCUT2D eigenvalue weighted by molar-refractivity contribution is 5.75. The van der Waals surface area contributed by atoms with Crippen molar-refractivity contribution in [3.63, 3.8) is 0 Å². The summed E-state index contributed by atoms with van der Waals surface area (Å²) in [6.07, 6.45) is 0.375. The lowest BCUT2D eigenvalue weighted by Crippen LogP contribution is -2.27. The number of carbonyl (C=O) groups excluding carboxylic acids is 1. The zero-order chi connectivity index (χ0) is 15.0. The predicted octanol–water partition coefficient (Wildman–Crippen LogP) is 1.22. The van der Waals surface area contributed by atoms with Gasteiger partial charge in [-0.2, -0.15) is 0 Å². The summed E-state index contributed by atoms with van der Waals surface area (Å²) in [5.41, 5.74) is 0.733. The third-order valence-electron chi connectivity index (χ3n) is 2.63. The van der Waals surface area contributed by atoms with Gasteiger partial charge in [0.2, 0.25) is 5.91 Å². The molecule has 7 nitrogen and oxygen atoms in total. The van der Waals surface area contributed by atoms with Gasteiger partial charge in [0.15, 0.2) is 0 Å². The van der Waals surface area contributed by atoms with Crippen LogP contribution >= 0.6 is 0 Å². The zero-order valence-corrected chi connectivity index (χ0v) is 11.6. The van der Waals surface area contributed by atoms with Crippen molar-refractivity contribution in [2.75, 3.05) is 20.2 Å². The Morgan fingerprint density at radius 3 is 2.75 bits per heavy atom. The normalized spacial score (nSPS) is 10.1. The fraction of sp³-hybridized carbons (Fsp3) is 0.462. The molecular weight excluding hydrogens is 262 g/mol. The fourth-order valence-electron chi connectivity index (χ4n) is 1.69. The highest BCUT2D eigenvalue weighted by atomic mass is 16.6. The number of hydrogen-bond donors (Lipinski definition) is 2. The molecule has 0 aliphatic rings. The second-order valence-corrected chi connectivity index (χ2v) is 4.18. The number of non-ortho nitro benzene ring substituents is 1. The summed E-state index contributed by atoms with van der Waals surface area (Å²) in [4.78, 5) is 21.6. The third-order valence-corrected chi connectivity index (χ3v) is 2.63. The van der Waals surface area contributed by atoms with Crippen molar-refractivity contribution < 1.29 is 14.5 Å². The van der Waals surface area contributed by atoms with Crippen molar-refractivity contribution in [1.29, 1.82) is 0 Å². The van der Waals surface area contributed by atoms with Crippen LogP contribution in [0.15, 0.2) is 18.2 Å². The number of rotatable bonds is 8. The lowest BCUT2D eigenvalue weighted by molar-refractivity contribution is -0.385. The molecule has 0 bridgehead atoms. The highest BCUT2D eigenvalue weighted by Crippen LogP contribution is 2.22. The molecule has 0 spiro atoms. The van der Waals surface area contributed by atoms with Crippen LogP contribution in [-0.4, -0.2) is 31.0 Å². The molecule has 0 saturated heterocycles. The maximum atomic E-state index is 11.2. The van der Waals surface area contributed by atoms with E-state index in [9.17, 15) is 14.9 Å². The number of carbonyl (C=O) groups is 1. The average Bonchev–Trinajstić information content (AvgIpc) is 2.43. The molecular formula is C13H19N3O4. The lowest BCUT2D eigenvalue weighted by atomic mass is 10.2. The number of amides is 1. The minimum atomic E-state index is -0.458. The highest BCUT2D eigenvalue weighted by Gasteiger charge is 2.10. The van der Waals surface area contributed by atoms with E-state index in [1.807, 2.05) is 6.92 Å². The predicted molar refractivity (Wildman–Crippen MR) is 74.7 cm³/mol. The van der Waals surface area contributed by atoms with Gasteiger partial charge in [0.05, 0.1) is 18.1 Å². The van der Waals surface area contributed by atoms with Crippen LogP contribution in [0, 0.1) is 10.1 Å². The van der Waals surface area contributed by atoms with E-state index in [0.717, 1.165) is 5.56 Å². The molecule has 20 heavy (non-hydrogen) atoms. The van der Waals surface area contributed by atoms with E-state index >= 15 is 0 Å². The first-order chi connectivity index (χ1) is 9.56. The fourth-order valence-corrected chi connectivity index (χ4v) is 1.69. The number of methoxy groups -OCH3 is 1. The lowest BCUT2D eigenvalue weighted by Gasteiger charge is -2.07. The molecule has 110 valence electrons. The molecule has 0 unspecified atom stereocenters. The van der Waals surface area contributed by atoms with E-state index in [4.69, 9.17) is 4.74 Å². The molecule has 1 aromatic carbocycles. The van der Waals surface area contributed by atoms with Crippen molar-refractivity contribution in [1.82, 2.24) is 10.6 Å². The molecule has 0 saturated carbocycles. The van der Waals surface area contributed by atoms with Crippen LogP contribution in [0.5, 0.6) is 5.75 Å². The maximum absolute atomic E-state index is 11.2. The molecule has 0 aromatic heterocycles. The minimum Gasteiger partial charge on any atom is -0.496 e. The van der Waals surface area contributed by atoms with Crippen LogP contribution in [0.4, 0.5) is 5.69 Å². The summed E-state index contributed by atoms with van der Waals surface area (Å²) in [5, 5.41) is 16.6. The van der Waals surface area contributed by atoms with E-state index in [0.29, 0.717) is 31.8 Å². The van der Waals surface area contributed by atoms with Crippen LogP contribution in [-0.2, 0) is 11.3 Å². The van der Waals surface area contributed by atoms with Crippen molar-refractivity contribution >= 4 is 11.6 Å². The number of benzene rings is 1. The number of hydrogen-bond acceptors (Lipinski definition) is 5. The Morgan fingerprint density at radius 2 is 2.15 bits per heavy atom. The number of nitrogens with zero attached hydrogens (tertiary/aromatic N) is 1. The van der Waals surface area contributed by atoms with Gasteiger partial charge in [-0.1, -0.05) is 0 Å². The number of nitro benzene ring substituents is 1. The Hall–Kier alpha value is -2.15. The van der Waals surface area contributed by atoms with Gasteiger partial charge in [-0.3, -0.25) is 14.9 Å². The van der Waals surface area contributed by atoms with Crippen LogP contribution in [0.25, 0.3) is 0 Å². The summed E-state index contributed by atoms with van der Waals surface area (Å²) in [5.74, 6) is 0.427. The van der Waals surface area contributed by atoms with Crippen LogP contribution in [0.3, 0.4) is 0 Å². The first kappa shape index (κ1) is 15.9. The van der Waals surface area contributed by atoms with Crippen molar-refractivity contribution in [2.24, 2.45) is 0 Å². The molecule has 0 fully saturated rings. The summed E-state index contributed by atoms with van der Waals surface area (Å²) >= 11 is 0. The largest absolute Gasteiger partial charge is 0.496 e. The molecule has 0 aliphatic heterocycles. The topological polar surface area (TPSA) is 93.5 Å². The Labute approximate surface area is 117 Å². The number of ether oxygens (including phenoxy) is 1. The monoisotopic (exact) mass is 281 g/mol. The second kappa shape index (κ2) is 8.11. The molecule has 7 heteroatoms. The summed E-state index contributed by atoms with van der Waals surface area (Å²) in [7, 11) is 1.46. The average molecular weight is 281 g/mol. The molecule has 2 N–H and O–H groups in total. The Balaban J connectivity index is 2.53. The SMILES string of the molecule is CCNC(=O)CCNCc1cc(OC)cc([N+](=O)[O-])c1. The molecule has 1 amide bonds. The van der Waals surface area contributed by atoms with Gasteiger partial charge in [0, 0.05) is 32.1 Å². The minimum absolute atomic E-state index is 0.00937. The molecule has 0 aliphatic carbocycles. The maximum Gasteiger partial charge on any atom is 0.273 e. The summed E-state index contributed by atoms with van der Waals surface area (Å²) in [6.45, 7) is 3.43. The van der Waals surface area contributed by atoms with E-state index in [-0.39, 0.29) is 11.6 Å². The Morgan fingerprint density at radius 1 is 1.40 bits per heavy atom. The molecule has 1 rings (SSSR count). The van der Waals surface area contributed by atoms with E-state index in [2.05, 4.69) is 10.6 Å². The first-order valence-electron chi connectivity index (χ1n) is 6.36. The zero-order valence-electron chi connectivity index (χ0n) is 11.6. The van der Waals surface area contributed by atoms with Gasteiger partial charge >= 0.3 is 0 Å². The van der Waals surface area contributed by atoms with E-state index in [1.165, 1.54) is 19.2 Å². The summed E-state index contributed by atoms with van der Waals surface area (Å²) in [6, 6.07) is 4.59. The van der Waals surface area contributed by atoms with Gasteiger partial charge in [0.25, 0.3) is 5.69 Å². The van der Waals surface area contributed by atoms with Gasteiger partial charge in [-0.15, -0.1) is 0 Å². The van der Waals surface area contributed by atoms with Crippen LogP contribution < -0.4 is 15.4 Å². The quantitative estimate of drug-likeness (QED) is 0.424. The first-order valence-corrected chi connectivity index (χ1v) is 6.36. The van der Waals surface area contributed by atoms with Crippen molar-refractivity contribution in [2.45, 2.75) is 19.9 Å². The van der Waals surface area contributed by atoms with Gasteiger partial charge < -0.3 is 15.4 Å². The smallest absolute Gasteiger partial charge is 0.273 e. The Kier molecular flexibility index (Phi) is 6.45. The molecule has 0 atom stereocenters. The second-order valence-electron chi connectivity index (χ2n) is 4.18. The van der Waals surface area contributed by atoms with E-state index < -0.39 is 4.92 Å².